The Bertz CT molecular complexity index is 2480. The Kier molecular flexibility index (Phi) is 17.0. The number of hydrogen-bond acceptors (Lipinski definition) is 11. The molecule has 2 heterocycles. The van der Waals surface area contributed by atoms with Gasteiger partial charge in [0, 0.05) is 50.3 Å². The number of hydrogen-bond donors (Lipinski definition) is 5. The molecule has 1 aromatic carbocycles. The maximum Gasteiger partial charge on any atom is 0.225 e. The van der Waals surface area contributed by atoms with E-state index in [1.165, 1.54) is 22.4 Å². The third-order valence-electron chi connectivity index (χ3n) is 13.8. The number of amidine groups is 1. The third-order valence-corrected chi connectivity index (χ3v) is 13.8. The fraction of sp³-hybridized carbons (Fsp3) is 0.386. The van der Waals surface area contributed by atoms with Crippen molar-refractivity contribution in [2.24, 2.45) is 28.7 Å². The van der Waals surface area contributed by atoms with Crippen molar-refractivity contribution in [1.29, 1.82) is 0 Å². The van der Waals surface area contributed by atoms with E-state index in [1.54, 1.807) is 28.4 Å². The first-order chi connectivity index (χ1) is 33.8. The summed E-state index contributed by atoms with van der Waals surface area (Å²) in [6.45, 7) is 8.68. The number of aliphatic imine (C=N–C) groups is 1. The lowest BCUT2D eigenvalue weighted by Crippen LogP contribution is -2.61. The number of nitrogens with one attached hydrogen (secondary N) is 5. The van der Waals surface area contributed by atoms with Crippen molar-refractivity contribution < 1.29 is 18.9 Å². The van der Waals surface area contributed by atoms with E-state index in [1.807, 2.05) is 37.3 Å². The third kappa shape index (κ3) is 12.7. The molecule has 0 radical (unpaired) electrons. The molecule has 5 atom stereocenters. The zero-order chi connectivity index (χ0) is 48.0. The Labute approximate surface area is 409 Å². The van der Waals surface area contributed by atoms with Crippen LogP contribution in [0.4, 0.5) is 11.8 Å². The highest BCUT2D eigenvalue weighted by Gasteiger charge is 2.56. The largest absolute Gasteiger partial charge is 0.497 e. The van der Waals surface area contributed by atoms with Crippen LogP contribution in [0, 0.1) is 23.7 Å². The lowest BCUT2D eigenvalue weighted by atomic mass is 9.49. The number of anilines is 2. The van der Waals surface area contributed by atoms with Gasteiger partial charge in [0.1, 0.15) is 28.9 Å². The summed E-state index contributed by atoms with van der Waals surface area (Å²) in [5.41, 5.74) is 8.25. The van der Waals surface area contributed by atoms with Crippen molar-refractivity contribution >= 4 is 17.6 Å². The van der Waals surface area contributed by atoms with E-state index in [-0.39, 0.29) is 36.1 Å². The van der Waals surface area contributed by atoms with Crippen LogP contribution in [-0.2, 0) is 20.8 Å². The minimum Gasteiger partial charge on any atom is -0.497 e. The monoisotopic (exact) mass is 931 g/mol. The average molecular weight is 931 g/mol. The van der Waals surface area contributed by atoms with Gasteiger partial charge < -0.3 is 40.2 Å². The van der Waals surface area contributed by atoms with E-state index >= 15 is 0 Å². The predicted octanol–water partition coefficient (Wildman–Crippen LogP) is 10.0. The minimum atomic E-state index is -0.246. The van der Waals surface area contributed by atoms with Crippen molar-refractivity contribution in [3.05, 3.63) is 185 Å². The Morgan fingerprint density at radius 3 is 2.26 bits per heavy atom. The lowest BCUT2D eigenvalue weighted by molar-refractivity contribution is 0.0985. The highest BCUT2D eigenvalue weighted by atomic mass is 16.5. The van der Waals surface area contributed by atoms with E-state index in [2.05, 4.69) is 130 Å². The van der Waals surface area contributed by atoms with Crippen molar-refractivity contribution in [3.8, 4) is 5.75 Å². The van der Waals surface area contributed by atoms with Crippen LogP contribution in [0.1, 0.15) is 62.6 Å². The van der Waals surface area contributed by atoms with Gasteiger partial charge in [-0.3, -0.25) is 10.3 Å². The van der Waals surface area contributed by atoms with Gasteiger partial charge >= 0.3 is 0 Å². The summed E-state index contributed by atoms with van der Waals surface area (Å²) in [4.78, 5) is 15.7. The molecule has 1 aliphatic heterocycles. The summed E-state index contributed by atoms with van der Waals surface area (Å²) in [6.07, 6.45) is 40.4. The second kappa shape index (κ2) is 24.1. The molecule has 8 rings (SSSR count). The van der Waals surface area contributed by atoms with E-state index in [0.29, 0.717) is 31.5 Å². The van der Waals surface area contributed by atoms with Crippen molar-refractivity contribution in [3.63, 3.8) is 0 Å². The highest BCUT2D eigenvalue weighted by Crippen LogP contribution is 2.62. The van der Waals surface area contributed by atoms with Gasteiger partial charge in [0.15, 0.2) is 6.29 Å². The molecule has 1 aromatic heterocycles. The van der Waals surface area contributed by atoms with Gasteiger partial charge in [-0.2, -0.15) is 4.98 Å². The standard InChI is InChI=1S/C57H70N8O4/c1-7-44(66-3)25-18-38(2)34-60-56-62-48(32-50(64-56)58-35-39-19-26-45(67-4)27-20-39)54-52(42-14-10-8-11-15-42)55(53(54)43-16-12-9-13-17-43)49-33-51(59-36-40-21-28-46(68-5)29-22-40)65-57(63-49)61-37-41-23-30-47(69-6)31-24-41/h7-10,12,14,16,18-23,25-26,28-33,41,45,52-55,57,61,63H,2,11,13,15,17,24,27,34-37H2,1,3-6H3,(H,59,65)(H2,58,60,62,64)/b25-18-,44-7+/t41-,45+,52+,53+,54?,55?,57?/m0/s1. The molecule has 0 bridgehead atoms. The summed E-state index contributed by atoms with van der Waals surface area (Å²) in [7, 11) is 6.84. The maximum absolute atomic E-state index is 5.58. The molecule has 0 amide bonds. The molecule has 12 nitrogen and oxygen atoms in total. The van der Waals surface area contributed by atoms with Crippen LogP contribution in [0.2, 0.25) is 0 Å². The molecule has 5 N–H and O–H groups in total. The van der Waals surface area contributed by atoms with Crippen molar-refractivity contribution in [2.75, 3.05) is 58.7 Å². The van der Waals surface area contributed by atoms with Crippen LogP contribution in [0.15, 0.2) is 179 Å². The summed E-state index contributed by atoms with van der Waals surface area (Å²) >= 11 is 0. The van der Waals surface area contributed by atoms with E-state index in [0.717, 1.165) is 90.8 Å². The van der Waals surface area contributed by atoms with E-state index in [9.17, 15) is 0 Å². The maximum atomic E-state index is 5.58. The topological polar surface area (TPSA) is 135 Å². The molecular weight excluding hydrogens is 861 g/mol. The zero-order valence-corrected chi connectivity index (χ0v) is 40.9. The molecule has 69 heavy (non-hydrogen) atoms. The fourth-order valence-electron chi connectivity index (χ4n) is 10.00. The van der Waals surface area contributed by atoms with Crippen LogP contribution in [0.5, 0.6) is 5.75 Å². The summed E-state index contributed by atoms with van der Waals surface area (Å²) in [5.74, 6) is 5.54. The summed E-state index contributed by atoms with van der Waals surface area (Å²) < 4.78 is 22.0. The number of allylic oxidation sites excluding steroid dienone is 13. The van der Waals surface area contributed by atoms with Gasteiger partial charge in [-0.1, -0.05) is 96.7 Å². The first kappa shape index (κ1) is 48.8. The molecule has 0 saturated heterocycles. The van der Waals surface area contributed by atoms with E-state index < -0.39 is 0 Å². The van der Waals surface area contributed by atoms with Gasteiger partial charge in [0.2, 0.25) is 5.95 Å². The molecule has 1 fully saturated rings. The minimum absolute atomic E-state index is 0.0747. The molecule has 1 saturated carbocycles. The van der Waals surface area contributed by atoms with Crippen LogP contribution >= 0.6 is 0 Å². The number of aromatic nitrogens is 2. The average Bonchev–Trinajstić information content (AvgIpc) is 3.39. The molecule has 0 spiro atoms. The van der Waals surface area contributed by atoms with Crippen LogP contribution in [0.3, 0.4) is 0 Å². The lowest BCUT2D eigenvalue weighted by Gasteiger charge is -2.56. The van der Waals surface area contributed by atoms with Gasteiger partial charge in [0.05, 0.1) is 39.7 Å². The number of methoxy groups -OCH3 is 4. The SMILES string of the molecule is C=C(/C=C\C(=C/C)OC)CNc1nc(NCC2=CC[C@H](OC)C=C2)cc(C2[C@@H](C3=CC=CCC3)C(C3=CC(=NCc4ccc(OC)cc4)NC(NC[C@H]4C=CC(OC)=CC4)N3)[C@@H]2C2=CC=CCC2)n1. The van der Waals surface area contributed by atoms with E-state index in [4.69, 9.17) is 33.9 Å². The summed E-state index contributed by atoms with van der Waals surface area (Å²) in [6, 6.07) is 10.3. The second-order valence-electron chi connectivity index (χ2n) is 18.2. The molecule has 2 aromatic rings. The number of rotatable bonds is 21. The Balaban J connectivity index is 1.16. The Morgan fingerprint density at radius 1 is 0.855 bits per heavy atom. The van der Waals surface area contributed by atoms with Crippen molar-refractivity contribution in [2.45, 2.75) is 70.3 Å². The molecule has 12 heteroatoms. The van der Waals surface area contributed by atoms with Gasteiger partial charge in [0.25, 0.3) is 0 Å². The van der Waals surface area contributed by atoms with Crippen molar-refractivity contribution in [1.82, 2.24) is 25.9 Å². The number of ether oxygens (including phenoxy) is 4. The van der Waals surface area contributed by atoms with Crippen LogP contribution in [-0.4, -0.2) is 76.3 Å². The fourth-order valence-corrected chi connectivity index (χ4v) is 10.00. The summed E-state index contributed by atoms with van der Waals surface area (Å²) in [5, 5.41) is 18.8. The Hall–Kier alpha value is -6.63. The smallest absolute Gasteiger partial charge is 0.225 e. The second-order valence-corrected chi connectivity index (χ2v) is 18.2. The molecule has 5 aliphatic carbocycles. The molecule has 362 valence electrons. The zero-order valence-electron chi connectivity index (χ0n) is 40.9. The normalized spacial score (nSPS) is 25.9. The molecule has 6 aliphatic rings. The van der Waals surface area contributed by atoms with Gasteiger partial charge in [-0.25, -0.2) is 4.98 Å². The number of nitrogens with zero attached hydrogens (tertiary/aromatic N) is 3. The van der Waals surface area contributed by atoms with Crippen LogP contribution < -0.4 is 31.3 Å². The van der Waals surface area contributed by atoms with Gasteiger partial charge in [-0.15, -0.1) is 0 Å². The number of benzene rings is 1. The van der Waals surface area contributed by atoms with Crippen LogP contribution in [0.25, 0.3) is 0 Å². The quantitative estimate of drug-likeness (QED) is 0.0605. The highest BCUT2D eigenvalue weighted by molar-refractivity contribution is 5.94. The first-order valence-corrected chi connectivity index (χ1v) is 24.5. The first-order valence-electron chi connectivity index (χ1n) is 24.5. The Morgan fingerprint density at radius 2 is 1.64 bits per heavy atom. The predicted molar refractivity (Wildman–Crippen MR) is 279 cm³/mol. The van der Waals surface area contributed by atoms with Gasteiger partial charge in [-0.05, 0) is 122 Å². The molecule has 1 unspecified atom stereocenters. The molecular formula is C57H70N8O4.